The predicted molar refractivity (Wildman–Crippen MR) is 120 cm³/mol. The Bertz CT molecular complexity index is 1340. The van der Waals surface area contributed by atoms with Gasteiger partial charge in [0.15, 0.2) is 4.77 Å². The number of fused-ring (bicyclic) bond motifs is 2. The van der Waals surface area contributed by atoms with Crippen LogP contribution in [0.1, 0.15) is 15.9 Å². The molecule has 8 heteroatoms. The van der Waals surface area contributed by atoms with Crippen LogP contribution in [0.15, 0.2) is 53.5 Å². The number of aromatic nitrogens is 3. The molecule has 1 amide bonds. The van der Waals surface area contributed by atoms with E-state index in [-0.39, 0.29) is 11.5 Å². The molecule has 0 fully saturated rings. The number of methoxy groups -OCH3 is 1. The van der Waals surface area contributed by atoms with Gasteiger partial charge in [-0.15, -0.1) is 0 Å². The van der Waals surface area contributed by atoms with Gasteiger partial charge in [-0.2, -0.15) is 0 Å². The Morgan fingerprint density at radius 2 is 2.00 bits per heavy atom. The molecule has 0 atom stereocenters. The minimum Gasteiger partial charge on any atom is -0.383 e. The molecular formula is C22H22N4O3S. The molecule has 3 N–H and O–H groups in total. The summed E-state index contributed by atoms with van der Waals surface area (Å²) in [5, 5.41) is 4.59. The number of carbonyl (C=O) groups is 1. The zero-order chi connectivity index (χ0) is 21.1. The van der Waals surface area contributed by atoms with Crippen LogP contribution in [0.3, 0.4) is 0 Å². The summed E-state index contributed by atoms with van der Waals surface area (Å²) in [6.07, 6.45) is 2.69. The van der Waals surface area contributed by atoms with Crippen LogP contribution >= 0.6 is 12.2 Å². The summed E-state index contributed by atoms with van der Waals surface area (Å²) in [5.74, 6) is -0.195. The third-order valence-corrected chi connectivity index (χ3v) is 5.44. The van der Waals surface area contributed by atoms with Crippen LogP contribution in [-0.2, 0) is 17.7 Å². The number of para-hydroxylation sites is 1. The van der Waals surface area contributed by atoms with Crippen molar-refractivity contribution < 1.29 is 9.53 Å². The van der Waals surface area contributed by atoms with E-state index >= 15 is 0 Å². The van der Waals surface area contributed by atoms with E-state index in [2.05, 4.69) is 21.4 Å². The van der Waals surface area contributed by atoms with Gasteiger partial charge in [0.25, 0.3) is 11.5 Å². The zero-order valence-corrected chi connectivity index (χ0v) is 17.3. The van der Waals surface area contributed by atoms with Crippen molar-refractivity contribution in [2.45, 2.75) is 13.0 Å². The fraction of sp³-hybridized carbons (Fsp3) is 0.227. The fourth-order valence-electron chi connectivity index (χ4n) is 3.53. The Labute approximate surface area is 177 Å². The second kappa shape index (κ2) is 8.64. The highest BCUT2D eigenvalue weighted by Crippen LogP contribution is 2.18. The number of rotatable bonds is 7. The second-order valence-electron chi connectivity index (χ2n) is 7.01. The average Bonchev–Trinajstić information content (AvgIpc) is 3.16. The maximum Gasteiger partial charge on any atom is 0.262 e. The number of nitrogens with zero attached hydrogens (tertiary/aromatic N) is 1. The van der Waals surface area contributed by atoms with Crippen molar-refractivity contribution in [3.63, 3.8) is 0 Å². The van der Waals surface area contributed by atoms with E-state index in [9.17, 15) is 9.59 Å². The molecular weight excluding hydrogens is 400 g/mol. The molecule has 30 heavy (non-hydrogen) atoms. The van der Waals surface area contributed by atoms with E-state index in [1.54, 1.807) is 25.3 Å². The van der Waals surface area contributed by atoms with Gasteiger partial charge >= 0.3 is 0 Å². The van der Waals surface area contributed by atoms with Crippen molar-refractivity contribution >= 4 is 39.9 Å². The molecule has 4 rings (SSSR count). The Balaban J connectivity index is 1.49. The molecule has 0 saturated heterocycles. The van der Waals surface area contributed by atoms with Crippen LogP contribution in [0.5, 0.6) is 0 Å². The second-order valence-corrected chi connectivity index (χ2v) is 7.39. The summed E-state index contributed by atoms with van der Waals surface area (Å²) < 4.78 is 6.80. The van der Waals surface area contributed by atoms with Gasteiger partial charge in [0.05, 0.1) is 24.1 Å². The number of H-pyrrole nitrogens is 2. The van der Waals surface area contributed by atoms with E-state index < -0.39 is 0 Å². The zero-order valence-electron chi connectivity index (χ0n) is 16.5. The normalized spacial score (nSPS) is 11.2. The van der Waals surface area contributed by atoms with Gasteiger partial charge in [0.2, 0.25) is 0 Å². The molecule has 0 saturated carbocycles. The lowest BCUT2D eigenvalue weighted by Crippen LogP contribution is -2.26. The van der Waals surface area contributed by atoms with Gasteiger partial charge in [-0.3, -0.25) is 14.2 Å². The molecule has 2 aromatic heterocycles. The van der Waals surface area contributed by atoms with Gasteiger partial charge in [-0.05, 0) is 48.5 Å². The number of ether oxygens (including phenoxy) is 1. The summed E-state index contributed by atoms with van der Waals surface area (Å²) in [4.78, 5) is 31.5. The Hall–Kier alpha value is -3.23. The van der Waals surface area contributed by atoms with Gasteiger partial charge in [-0.1, -0.05) is 18.2 Å². The molecule has 154 valence electrons. The molecule has 0 aliphatic rings. The smallest absolute Gasteiger partial charge is 0.262 e. The fourth-order valence-corrected chi connectivity index (χ4v) is 3.82. The highest BCUT2D eigenvalue weighted by Gasteiger charge is 2.11. The standard InChI is InChI=1S/C22H22N4O3S/c1-29-11-10-26-21(28)17-7-6-14(12-19(17)25-22(26)30)20(27)23-9-8-15-13-24-18-5-3-2-4-16(15)18/h2-7,12-13,24H,8-11H2,1H3,(H,23,27)(H,25,30). The molecule has 0 radical (unpaired) electrons. The number of amides is 1. The highest BCUT2D eigenvalue weighted by molar-refractivity contribution is 7.71. The quantitative estimate of drug-likeness (QED) is 0.399. The maximum atomic E-state index is 12.7. The number of hydrogen-bond donors (Lipinski definition) is 3. The van der Waals surface area contributed by atoms with Crippen LogP contribution < -0.4 is 10.9 Å². The summed E-state index contributed by atoms with van der Waals surface area (Å²) in [7, 11) is 1.57. The van der Waals surface area contributed by atoms with Crippen molar-refractivity contribution in [3.8, 4) is 0 Å². The molecule has 0 bridgehead atoms. The summed E-state index contributed by atoms with van der Waals surface area (Å²) >= 11 is 5.29. The molecule has 0 unspecified atom stereocenters. The predicted octanol–water partition coefficient (Wildman–Crippen LogP) is 3.16. The molecule has 4 aromatic rings. The monoisotopic (exact) mass is 422 g/mol. The summed E-state index contributed by atoms with van der Waals surface area (Å²) in [6.45, 7) is 1.27. The van der Waals surface area contributed by atoms with Gasteiger partial charge in [0, 0.05) is 36.3 Å². The number of nitrogens with one attached hydrogen (secondary N) is 3. The Kier molecular flexibility index (Phi) is 5.78. The molecule has 0 aliphatic heterocycles. The van der Waals surface area contributed by atoms with Crippen LogP contribution in [0, 0.1) is 4.77 Å². The first kappa shape index (κ1) is 20.1. The van der Waals surface area contributed by atoms with Crippen molar-refractivity contribution in [1.29, 1.82) is 0 Å². The molecule has 2 aromatic carbocycles. The van der Waals surface area contributed by atoms with Crippen LogP contribution in [0.4, 0.5) is 0 Å². The first-order valence-corrected chi connectivity index (χ1v) is 10.1. The maximum absolute atomic E-state index is 12.7. The minimum atomic E-state index is -0.197. The summed E-state index contributed by atoms with van der Waals surface area (Å²) in [5.41, 5.74) is 3.06. The lowest BCUT2D eigenvalue weighted by molar-refractivity contribution is 0.0954. The largest absolute Gasteiger partial charge is 0.383 e. The number of benzene rings is 2. The van der Waals surface area contributed by atoms with Gasteiger partial charge < -0.3 is 20.0 Å². The molecule has 7 nitrogen and oxygen atoms in total. The van der Waals surface area contributed by atoms with E-state index in [0.717, 1.165) is 22.9 Å². The lowest BCUT2D eigenvalue weighted by Gasteiger charge is -2.09. The third-order valence-electron chi connectivity index (χ3n) is 5.12. The highest BCUT2D eigenvalue weighted by atomic mass is 32.1. The van der Waals surface area contributed by atoms with Crippen LogP contribution in [-0.4, -0.2) is 40.7 Å². The van der Waals surface area contributed by atoms with E-state index in [0.29, 0.717) is 40.9 Å². The number of aromatic amines is 2. The first-order chi connectivity index (χ1) is 14.6. The van der Waals surface area contributed by atoms with E-state index in [1.807, 2.05) is 24.4 Å². The van der Waals surface area contributed by atoms with Gasteiger partial charge in [0.1, 0.15) is 0 Å². The van der Waals surface area contributed by atoms with Crippen molar-refractivity contribution in [2.24, 2.45) is 0 Å². The molecule has 2 heterocycles. The van der Waals surface area contributed by atoms with Crippen LogP contribution in [0.2, 0.25) is 0 Å². The number of hydrogen-bond acceptors (Lipinski definition) is 4. The first-order valence-electron chi connectivity index (χ1n) is 9.67. The number of carbonyl (C=O) groups excluding carboxylic acids is 1. The Morgan fingerprint density at radius 1 is 1.17 bits per heavy atom. The van der Waals surface area contributed by atoms with E-state index in [1.165, 1.54) is 4.57 Å². The van der Waals surface area contributed by atoms with Crippen molar-refractivity contribution in [1.82, 2.24) is 19.9 Å². The molecule has 0 spiro atoms. The topological polar surface area (TPSA) is 91.9 Å². The van der Waals surface area contributed by atoms with E-state index in [4.69, 9.17) is 17.0 Å². The SMILES string of the molecule is COCCn1c(=S)[nH]c2cc(C(=O)NCCc3c[nH]c4ccccc34)ccc2c1=O. The minimum absolute atomic E-state index is 0.195. The lowest BCUT2D eigenvalue weighted by atomic mass is 10.1. The van der Waals surface area contributed by atoms with Crippen molar-refractivity contribution in [3.05, 3.63) is 74.9 Å². The average molecular weight is 423 g/mol. The van der Waals surface area contributed by atoms with Gasteiger partial charge in [-0.25, -0.2) is 0 Å². The van der Waals surface area contributed by atoms with Crippen molar-refractivity contribution in [2.75, 3.05) is 20.3 Å². The Morgan fingerprint density at radius 3 is 2.83 bits per heavy atom. The third kappa shape index (κ3) is 3.92. The van der Waals surface area contributed by atoms with Crippen LogP contribution in [0.25, 0.3) is 21.8 Å². The summed E-state index contributed by atoms with van der Waals surface area (Å²) in [6, 6.07) is 13.0. The molecule has 0 aliphatic carbocycles.